The maximum Gasteiger partial charge on any atom is 0.283 e. The second-order valence-corrected chi connectivity index (χ2v) is 8.34. The first kappa shape index (κ1) is 19.6. The summed E-state index contributed by atoms with van der Waals surface area (Å²) in [5.74, 6) is -0.446. The van der Waals surface area contributed by atoms with Gasteiger partial charge in [-0.25, -0.2) is 12.7 Å². The van der Waals surface area contributed by atoms with Crippen molar-refractivity contribution in [2.45, 2.75) is 57.6 Å². The molecule has 25 heavy (non-hydrogen) atoms. The Morgan fingerprint density at radius 1 is 1.00 bits per heavy atom. The lowest BCUT2D eigenvalue weighted by molar-refractivity contribution is -0.119. The Hall–Kier alpha value is -1.69. The van der Waals surface area contributed by atoms with E-state index < -0.39 is 21.2 Å². The fourth-order valence-corrected chi connectivity index (χ4v) is 4.92. The molecule has 1 aliphatic heterocycles. The Bertz CT molecular complexity index is 699. The van der Waals surface area contributed by atoms with Crippen LogP contribution in [0.4, 0.5) is 0 Å². The van der Waals surface area contributed by atoms with Crippen LogP contribution in [0.25, 0.3) is 0 Å². The number of carbonyl (C=O) groups is 1. The van der Waals surface area contributed by atoms with Gasteiger partial charge < -0.3 is 0 Å². The van der Waals surface area contributed by atoms with Crippen molar-refractivity contribution < 1.29 is 13.2 Å². The van der Waals surface area contributed by atoms with E-state index in [0.29, 0.717) is 18.5 Å². The molecule has 6 heteroatoms. The van der Waals surface area contributed by atoms with Crippen molar-refractivity contribution in [2.24, 2.45) is 4.99 Å². The minimum absolute atomic E-state index is 0.179. The van der Waals surface area contributed by atoms with Crippen LogP contribution in [0.5, 0.6) is 0 Å². The second kappa shape index (κ2) is 9.13. The van der Waals surface area contributed by atoms with Crippen LogP contribution >= 0.6 is 0 Å². The van der Waals surface area contributed by atoms with Gasteiger partial charge in [0, 0.05) is 13.1 Å². The fraction of sp³-hybridized carbons (Fsp3) is 0.579. The number of rotatable bonds is 9. The molecule has 5 nitrogen and oxygen atoms in total. The number of aliphatic imine (C=N–C) groups is 1. The maximum absolute atomic E-state index is 13.0. The lowest BCUT2D eigenvalue weighted by Crippen LogP contribution is -2.32. The van der Waals surface area contributed by atoms with E-state index in [2.05, 4.69) is 11.9 Å². The molecule has 1 unspecified atom stereocenters. The zero-order valence-electron chi connectivity index (χ0n) is 15.1. The molecule has 1 aliphatic rings. The van der Waals surface area contributed by atoms with Gasteiger partial charge in [0.25, 0.3) is 15.9 Å². The average Bonchev–Trinajstić information content (AvgIpc) is 2.79. The highest BCUT2D eigenvalue weighted by Gasteiger charge is 2.50. The molecular formula is C19H28N2O3S. The van der Waals surface area contributed by atoms with Crippen molar-refractivity contribution in [2.75, 3.05) is 13.1 Å². The molecule has 1 amide bonds. The van der Waals surface area contributed by atoms with Gasteiger partial charge in [-0.3, -0.25) is 9.79 Å². The molecule has 0 radical (unpaired) electrons. The van der Waals surface area contributed by atoms with E-state index in [9.17, 15) is 13.2 Å². The van der Waals surface area contributed by atoms with Crippen LogP contribution in [0, 0.1) is 0 Å². The molecule has 0 spiro atoms. The topological polar surface area (TPSA) is 66.8 Å². The number of hydrogen-bond donors (Lipinski definition) is 0. The minimum Gasteiger partial charge on any atom is -0.282 e. The molecule has 0 N–H and O–H groups in total. The van der Waals surface area contributed by atoms with Gasteiger partial charge in [-0.05, 0) is 18.4 Å². The van der Waals surface area contributed by atoms with Crippen molar-refractivity contribution in [3.8, 4) is 0 Å². The molecule has 1 heterocycles. The number of benzene rings is 1. The van der Waals surface area contributed by atoms with Crippen molar-refractivity contribution in [3.63, 3.8) is 0 Å². The first-order chi connectivity index (χ1) is 12.0. The Morgan fingerprint density at radius 2 is 1.68 bits per heavy atom. The molecule has 1 saturated heterocycles. The molecule has 0 bridgehead atoms. The molecule has 2 rings (SSSR count). The van der Waals surface area contributed by atoms with Gasteiger partial charge >= 0.3 is 0 Å². The first-order valence-corrected chi connectivity index (χ1v) is 10.7. The Morgan fingerprint density at radius 3 is 2.32 bits per heavy atom. The van der Waals surface area contributed by atoms with E-state index in [-0.39, 0.29) is 12.3 Å². The molecule has 1 aromatic rings. The Kier molecular flexibility index (Phi) is 7.17. The standard InChI is InChI=1S/C19H28N2O3S/c1-3-5-7-11-14-20-17-18(16-12-9-8-10-13-16)25(23,24)21(19(17)22)15-6-4-2/h8-10,12-13,18H,3-7,11,14-15H2,1-2H3. The van der Waals surface area contributed by atoms with E-state index in [1.54, 1.807) is 24.3 Å². The van der Waals surface area contributed by atoms with Crippen LogP contribution in [0.15, 0.2) is 35.3 Å². The molecule has 138 valence electrons. The van der Waals surface area contributed by atoms with Crippen LogP contribution < -0.4 is 0 Å². The number of nitrogens with zero attached hydrogens (tertiary/aromatic N) is 2. The van der Waals surface area contributed by atoms with E-state index in [0.717, 1.165) is 36.4 Å². The van der Waals surface area contributed by atoms with Crippen LogP contribution in [0.2, 0.25) is 0 Å². The van der Waals surface area contributed by atoms with Crippen LogP contribution in [0.1, 0.15) is 63.2 Å². The largest absolute Gasteiger partial charge is 0.283 e. The molecule has 0 aliphatic carbocycles. The lowest BCUT2D eigenvalue weighted by atomic mass is 10.1. The molecule has 0 aromatic heterocycles. The highest BCUT2D eigenvalue weighted by atomic mass is 32.2. The third-order valence-electron chi connectivity index (χ3n) is 4.41. The summed E-state index contributed by atoms with van der Waals surface area (Å²) in [5, 5.41) is -0.968. The van der Waals surface area contributed by atoms with Crippen molar-refractivity contribution >= 4 is 21.6 Å². The van der Waals surface area contributed by atoms with Gasteiger partial charge in [0.2, 0.25) is 0 Å². The zero-order chi connectivity index (χ0) is 18.3. The third kappa shape index (κ3) is 4.48. The number of amides is 1. The van der Waals surface area contributed by atoms with E-state index >= 15 is 0 Å². The van der Waals surface area contributed by atoms with Crippen molar-refractivity contribution in [1.29, 1.82) is 0 Å². The highest BCUT2D eigenvalue weighted by Crippen LogP contribution is 2.34. The number of sulfonamides is 1. The van der Waals surface area contributed by atoms with Gasteiger partial charge in [0.05, 0.1) is 0 Å². The fourth-order valence-electron chi connectivity index (χ4n) is 3.00. The molecule has 1 atom stereocenters. The Balaban J connectivity index is 2.32. The minimum atomic E-state index is -3.75. The monoisotopic (exact) mass is 364 g/mol. The van der Waals surface area contributed by atoms with Crippen LogP contribution in [0.3, 0.4) is 0 Å². The van der Waals surface area contributed by atoms with Gasteiger partial charge in [-0.1, -0.05) is 69.9 Å². The second-order valence-electron chi connectivity index (χ2n) is 6.39. The van der Waals surface area contributed by atoms with Crippen molar-refractivity contribution in [1.82, 2.24) is 4.31 Å². The van der Waals surface area contributed by atoms with Crippen molar-refractivity contribution in [3.05, 3.63) is 35.9 Å². The van der Waals surface area contributed by atoms with E-state index in [1.165, 1.54) is 0 Å². The smallest absolute Gasteiger partial charge is 0.282 e. The lowest BCUT2D eigenvalue weighted by Gasteiger charge is -2.15. The third-order valence-corrected chi connectivity index (χ3v) is 6.46. The zero-order valence-corrected chi connectivity index (χ0v) is 16.0. The molecule has 1 fully saturated rings. The highest BCUT2D eigenvalue weighted by molar-refractivity contribution is 7.91. The summed E-state index contributed by atoms with van der Waals surface area (Å²) in [6.07, 6.45) is 5.67. The van der Waals surface area contributed by atoms with Crippen LogP contribution in [-0.4, -0.2) is 37.4 Å². The predicted molar refractivity (Wildman–Crippen MR) is 101 cm³/mol. The Labute approximate surface area is 151 Å². The number of carbonyl (C=O) groups excluding carboxylic acids is 1. The van der Waals surface area contributed by atoms with Gasteiger partial charge in [-0.2, -0.15) is 0 Å². The van der Waals surface area contributed by atoms with E-state index in [1.807, 2.05) is 13.0 Å². The quantitative estimate of drug-likeness (QED) is 0.627. The van der Waals surface area contributed by atoms with Crippen LogP contribution in [-0.2, 0) is 14.8 Å². The predicted octanol–water partition coefficient (Wildman–Crippen LogP) is 3.72. The maximum atomic E-state index is 13.0. The summed E-state index contributed by atoms with van der Waals surface area (Å²) in [7, 11) is -3.75. The van der Waals surface area contributed by atoms with Gasteiger partial charge in [0.15, 0.2) is 5.25 Å². The number of unbranched alkanes of at least 4 members (excludes halogenated alkanes) is 4. The summed E-state index contributed by atoms with van der Waals surface area (Å²) >= 11 is 0. The normalized spacial score (nSPS) is 21.2. The van der Waals surface area contributed by atoms with Gasteiger partial charge in [-0.15, -0.1) is 0 Å². The summed E-state index contributed by atoms with van der Waals surface area (Å²) in [6, 6.07) is 8.94. The molecular weight excluding hydrogens is 336 g/mol. The summed E-state index contributed by atoms with van der Waals surface area (Å²) < 4.78 is 27.0. The van der Waals surface area contributed by atoms with E-state index in [4.69, 9.17) is 0 Å². The first-order valence-electron chi connectivity index (χ1n) is 9.19. The summed E-state index contributed by atoms with van der Waals surface area (Å²) in [4.78, 5) is 17.2. The SMILES string of the molecule is CCCCCCN=C1C(=O)N(CCCC)S(=O)(=O)C1c1ccccc1. The molecule has 0 saturated carbocycles. The molecule has 1 aromatic carbocycles. The van der Waals surface area contributed by atoms with Gasteiger partial charge in [0.1, 0.15) is 5.71 Å². The summed E-state index contributed by atoms with van der Waals surface area (Å²) in [6.45, 7) is 4.85. The summed E-state index contributed by atoms with van der Waals surface area (Å²) in [5.41, 5.74) is 0.793. The number of hydrogen-bond acceptors (Lipinski definition) is 4. The average molecular weight is 365 g/mol.